The van der Waals surface area contributed by atoms with Crippen LogP contribution in [0.1, 0.15) is 19.0 Å². The molecule has 0 saturated heterocycles. The van der Waals surface area contributed by atoms with Crippen LogP contribution in [-0.4, -0.2) is 45.4 Å². The van der Waals surface area contributed by atoms with Gasteiger partial charge in [0.2, 0.25) is 17.8 Å². The second kappa shape index (κ2) is 6.38. The maximum atomic E-state index is 5.71. The molecule has 0 aliphatic heterocycles. The Hall–Kier alpha value is -2.38. The fourth-order valence-corrected chi connectivity index (χ4v) is 1.68. The molecule has 0 radical (unpaired) electrons. The molecule has 0 bridgehead atoms. The quantitative estimate of drug-likeness (QED) is 0.865. The van der Waals surface area contributed by atoms with E-state index in [4.69, 9.17) is 4.74 Å². The lowest BCUT2D eigenvalue weighted by atomic mass is 10.5. The molecule has 21 heavy (non-hydrogen) atoms. The van der Waals surface area contributed by atoms with Crippen LogP contribution < -0.4 is 15.0 Å². The summed E-state index contributed by atoms with van der Waals surface area (Å²) in [5.74, 6) is 1.63. The highest BCUT2D eigenvalue weighted by Crippen LogP contribution is 2.20. The summed E-state index contributed by atoms with van der Waals surface area (Å²) < 4.78 is 7.36. The van der Waals surface area contributed by atoms with Gasteiger partial charge in [-0.15, -0.1) is 0 Å². The van der Waals surface area contributed by atoms with Crippen molar-refractivity contribution in [1.82, 2.24) is 24.7 Å². The Morgan fingerprint density at radius 2 is 2.05 bits per heavy atom. The minimum atomic E-state index is 0.246. The summed E-state index contributed by atoms with van der Waals surface area (Å²) in [5.41, 5.74) is 0.874. The number of nitrogens with one attached hydrogen (secondary N) is 1. The summed E-state index contributed by atoms with van der Waals surface area (Å²) in [4.78, 5) is 14.7. The first-order valence-electron chi connectivity index (χ1n) is 6.85. The van der Waals surface area contributed by atoms with Crippen molar-refractivity contribution in [3.05, 3.63) is 11.8 Å². The van der Waals surface area contributed by atoms with Crippen molar-refractivity contribution in [2.45, 2.75) is 20.3 Å². The topological polar surface area (TPSA) is 81.0 Å². The number of hydrogen-bond acceptors (Lipinski definition) is 7. The number of aromatic nitrogens is 5. The van der Waals surface area contributed by atoms with Gasteiger partial charge in [0.1, 0.15) is 0 Å². The van der Waals surface area contributed by atoms with Gasteiger partial charge in [-0.05, 0) is 13.3 Å². The molecule has 2 aromatic rings. The predicted molar refractivity (Wildman–Crippen MR) is 81.0 cm³/mol. The zero-order chi connectivity index (χ0) is 15.4. The Labute approximate surface area is 124 Å². The summed E-state index contributed by atoms with van der Waals surface area (Å²) in [5, 5.41) is 7.38. The third-order valence-corrected chi connectivity index (χ3v) is 2.69. The lowest BCUT2D eigenvalue weighted by molar-refractivity contribution is 0.398. The van der Waals surface area contributed by atoms with Gasteiger partial charge in [-0.25, -0.2) is 4.68 Å². The first kappa shape index (κ1) is 15.0. The molecule has 114 valence electrons. The predicted octanol–water partition coefficient (Wildman–Crippen LogP) is 1.59. The highest BCUT2D eigenvalue weighted by Gasteiger charge is 2.12. The number of aryl methyl sites for hydroxylation is 2. The van der Waals surface area contributed by atoms with E-state index in [1.807, 2.05) is 34.1 Å². The summed E-state index contributed by atoms with van der Waals surface area (Å²) in [6, 6.07) is 2.08. The van der Waals surface area contributed by atoms with Gasteiger partial charge in [-0.2, -0.15) is 20.1 Å². The molecule has 0 fully saturated rings. The molecular formula is C13H21N7O. The molecule has 0 atom stereocenters. The maximum absolute atomic E-state index is 5.71. The van der Waals surface area contributed by atoms with Crippen LogP contribution in [0.2, 0.25) is 0 Å². The average molecular weight is 291 g/mol. The fraction of sp³-hybridized carbons (Fsp3) is 0.538. The van der Waals surface area contributed by atoms with Gasteiger partial charge in [0, 0.05) is 33.8 Å². The normalized spacial score (nSPS) is 10.5. The zero-order valence-corrected chi connectivity index (χ0v) is 13.1. The molecule has 1 N–H and O–H groups in total. The Bertz CT molecular complexity index is 609. The van der Waals surface area contributed by atoms with Crippen LogP contribution in [0.15, 0.2) is 6.07 Å². The van der Waals surface area contributed by atoms with E-state index in [1.54, 1.807) is 9.58 Å². The molecule has 8 heteroatoms. The summed E-state index contributed by atoms with van der Waals surface area (Å²) in [6.45, 7) is 4.78. The highest BCUT2D eigenvalue weighted by atomic mass is 16.5. The Kier molecular flexibility index (Phi) is 4.56. The Morgan fingerprint density at radius 3 is 2.62 bits per heavy atom. The summed E-state index contributed by atoms with van der Waals surface area (Å²) >= 11 is 0. The van der Waals surface area contributed by atoms with Gasteiger partial charge in [0.15, 0.2) is 0 Å². The van der Waals surface area contributed by atoms with Gasteiger partial charge in [0.25, 0.3) is 0 Å². The van der Waals surface area contributed by atoms with E-state index in [2.05, 4.69) is 32.3 Å². The second-order valence-electron chi connectivity index (χ2n) is 4.91. The minimum Gasteiger partial charge on any atom is -0.405 e. The Morgan fingerprint density at radius 1 is 1.29 bits per heavy atom. The SMILES string of the molecule is CCCNc1nc(Oc2cc(C)nn2C)nc(N(C)C)n1. The van der Waals surface area contributed by atoms with E-state index in [9.17, 15) is 0 Å². The van der Waals surface area contributed by atoms with Crippen LogP contribution in [0.25, 0.3) is 0 Å². The van der Waals surface area contributed by atoms with Crippen molar-refractivity contribution in [2.24, 2.45) is 7.05 Å². The first-order chi connectivity index (χ1) is 9.99. The van der Waals surface area contributed by atoms with Crippen LogP contribution >= 0.6 is 0 Å². The van der Waals surface area contributed by atoms with Crippen LogP contribution in [0.4, 0.5) is 11.9 Å². The van der Waals surface area contributed by atoms with E-state index in [-0.39, 0.29) is 6.01 Å². The lowest BCUT2D eigenvalue weighted by Gasteiger charge is -2.13. The van der Waals surface area contributed by atoms with Gasteiger partial charge in [-0.3, -0.25) is 0 Å². The van der Waals surface area contributed by atoms with Gasteiger partial charge >= 0.3 is 6.01 Å². The molecule has 0 amide bonds. The third-order valence-electron chi connectivity index (χ3n) is 2.69. The summed E-state index contributed by atoms with van der Waals surface area (Å²) in [7, 11) is 5.56. The van der Waals surface area contributed by atoms with Gasteiger partial charge < -0.3 is 15.0 Å². The van der Waals surface area contributed by atoms with Crippen molar-refractivity contribution < 1.29 is 4.74 Å². The van der Waals surface area contributed by atoms with Crippen LogP contribution in [0, 0.1) is 6.92 Å². The van der Waals surface area contributed by atoms with Gasteiger partial charge in [0.05, 0.1) is 5.69 Å². The van der Waals surface area contributed by atoms with E-state index < -0.39 is 0 Å². The van der Waals surface area contributed by atoms with E-state index in [0.717, 1.165) is 18.7 Å². The van der Waals surface area contributed by atoms with Crippen molar-refractivity contribution >= 4 is 11.9 Å². The number of hydrogen-bond donors (Lipinski definition) is 1. The third kappa shape index (κ3) is 3.80. The number of anilines is 2. The Balaban J connectivity index is 2.28. The van der Waals surface area contributed by atoms with Crippen molar-refractivity contribution in [1.29, 1.82) is 0 Å². The average Bonchev–Trinajstić information content (AvgIpc) is 2.74. The van der Waals surface area contributed by atoms with E-state index >= 15 is 0 Å². The van der Waals surface area contributed by atoms with Crippen molar-refractivity contribution in [2.75, 3.05) is 30.9 Å². The number of nitrogens with zero attached hydrogens (tertiary/aromatic N) is 6. The van der Waals surface area contributed by atoms with E-state index in [0.29, 0.717) is 17.8 Å². The molecule has 0 aliphatic rings. The monoisotopic (exact) mass is 291 g/mol. The molecule has 2 aromatic heterocycles. The van der Waals surface area contributed by atoms with Crippen LogP contribution in [0.3, 0.4) is 0 Å². The van der Waals surface area contributed by atoms with E-state index in [1.165, 1.54) is 0 Å². The molecule has 0 aromatic carbocycles. The lowest BCUT2D eigenvalue weighted by Crippen LogP contribution is -2.16. The molecule has 2 rings (SSSR count). The summed E-state index contributed by atoms with van der Waals surface area (Å²) in [6.07, 6.45) is 0.986. The van der Waals surface area contributed by atoms with Crippen LogP contribution in [0.5, 0.6) is 11.9 Å². The molecule has 0 unspecified atom stereocenters. The van der Waals surface area contributed by atoms with Crippen LogP contribution in [-0.2, 0) is 7.05 Å². The largest absolute Gasteiger partial charge is 0.405 e. The molecular weight excluding hydrogens is 270 g/mol. The molecule has 0 spiro atoms. The highest BCUT2D eigenvalue weighted by molar-refractivity contribution is 5.37. The standard InChI is InChI=1S/C13H21N7O/c1-6-7-14-11-15-12(19(3)4)17-13(16-11)21-10-8-9(2)18-20(10)5/h8H,6-7H2,1-5H3,(H,14,15,16,17). The zero-order valence-electron chi connectivity index (χ0n) is 13.1. The first-order valence-corrected chi connectivity index (χ1v) is 6.85. The molecule has 0 aliphatic carbocycles. The smallest absolute Gasteiger partial charge is 0.329 e. The maximum Gasteiger partial charge on any atom is 0.329 e. The fourth-order valence-electron chi connectivity index (χ4n) is 1.68. The molecule has 8 nitrogen and oxygen atoms in total. The van der Waals surface area contributed by atoms with Crippen molar-refractivity contribution in [3.63, 3.8) is 0 Å². The number of rotatable bonds is 6. The molecule has 0 saturated carbocycles. The number of ether oxygens (including phenoxy) is 1. The minimum absolute atomic E-state index is 0.246. The van der Waals surface area contributed by atoms with Crippen molar-refractivity contribution in [3.8, 4) is 11.9 Å². The van der Waals surface area contributed by atoms with Gasteiger partial charge in [-0.1, -0.05) is 6.92 Å². The second-order valence-corrected chi connectivity index (χ2v) is 4.91. The molecule has 2 heterocycles.